The van der Waals surface area contributed by atoms with Crippen LogP contribution in [-0.4, -0.2) is 7.05 Å². The molecule has 112 valence electrons. The molecule has 1 N–H and O–H groups in total. The zero-order valence-electron chi connectivity index (χ0n) is 12.7. The molecule has 1 fully saturated rings. The lowest BCUT2D eigenvalue weighted by atomic mass is 9.92. The maximum atomic E-state index is 13.9. The number of hydrogen-bond acceptors (Lipinski definition) is 1. The van der Waals surface area contributed by atoms with E-state index in [1.54, 1.807) is 6.07 Å². The van der Waals surface area contributed by atoms with Crippen molar-refractivity contribution < 1.29 is 4.39 Å². The first kappa shape index (κ1) is 14.5. The predicted molar refractivity (Wildman–Crippen MR) is 86.9 cm³/mol. The Morgan fingerprint density at radius 2 is 1.81 bits per heavy atom. The summed E-state index contributed by atoms with van der Waals surface area (Å²) in [5.74, 6) is 0.771. The fourth-order valence-corrected chi connectivity index (χ4v) is 3.75. The van der Waals surface area contributed by atoms with Gasteiger partial charge in [0.25, 0.3) is 0 Å². The van der Waals surface area contributed by atoms with E-state index in [-0.39, 0.29) is 5.82 Å². The fourth-order valence-electron chi connectivity index (χ4n) is 3.75. The van der Waals surface area contributed by atoms with E-state index in [1.165, 1.54) is 37.7 Å². The first-order valence-electron chi connectivity index (χ1n) is 8.14. The highest BCUT2D eigenvalue weighted by atomic mass is 19.1. The lowest BCUT2D eigenvalue weighted by molar-refractivity contribution is 0.428. The van der Waals surface area contributed by atoms with Gasteiger partial charge >= 0.3 is 0 Å². The van der Waals surface area contributed by atoms with Crippen LogP contribution >= 0.6 is 0 Å². The molecule has 0 aromatic heterocycles. The molecule has 0 amide bonds. The highest BCUT2D eigenvalue weighted by Crippen LogP contribution is 2.33. The van der Waals surface area contributed by atoms with Gasteiger partial charge in [0.1, 0.15) is 5.82 Å². The second-order valence-electron chi connectivity index (χ2n) is 6.25. The van der Waals surface area contributed by atoms with Crippen LogP contribution in [0.2, 0.25) is 0 Å². The Labute approximate surface area is 126 Å². The van der Waals surface area contributed by atoms with Crippen LogP contribution in [0.3, 0.4) is 0 Å². The summed E-state index contributed by atoms with van der Waals surface area (Å²) in [6.45, 7) is 0. The van der Waals surface area contributed by atoms with E-state index in [2.05, 4.69) is 5.32 Å². The summed E-state index contributed by atoms with van der Waals surface area (Å²) >= 11 is 0. The summed E-state index contributed by atoms with van der Waals surface area (Å²) < 4.78 is 13.9. The molecule has 1 atom stereocenters. The number of benzene rings is 2. The Hall–Kier alpha value is -1.41. The Bertz CT molecular complexity index is 602. The van der Waals surface area contributed by atoms with Gasteiger partial charge in [-0.1, -0.05) is 56.0 Å². The largest absolute Gasteiger partial charge is 0.313 e. The molecule has 1 saturated carbocycles. The summed E-state index contributed by atoms with van der Waals surface area (Å²) in [5, 5.41) is 5.21. The Morgan fingerprint density at radius 3 is 2.52 bits per heavy atom. The molecule has 3 rings (SSSR count). The molecule has 0 aliphatic heterocycles. The Balaban J connectivity index is 1.84. The van der Waals surface area contributed by atoms with Gasteiger partial charge in [0.15, 0.2) is 0 Å². The summed E-state index contributed by atoms with van der Waals surface area (Å²) in [6, 6.07) is 11.7. The van der Waals surface area contributed by atoms with E-state index in [0.717, 1.165) is 23.1 Å². The van der Waals surface area contributed by atoms with E-state index in [1.807, 2.05) is 37.4 Å². The second kappa shape index (κ2) is 6.57. The molecular weight excluding hydrogens is 261 g/mol. The summed E-state index contributed by atoms with van der Waals surface area (Å²) in [6.07, 6.45) is 7.98. The first-order chi connectivity index (χ1) is 10.3. The van der Waals surface area contributed by atoms with Gasteiger partial charge in [-0.15, -0.1) is 0 Å². The molecular formula is C19H24FN. The molecule has 21 heavy (non-hydrogen) atoms. The molecule has 0 bridgehead atoms. The minimum absolute atomic E-state index is 0.125. The third kappa shape index (κ3) is 3.11. The summed E-state index contributed by atoms with van der Waals surface area (Å²) in [7, 11) is 2.01. The topological polar surface area (TPSA) is 12.0 Å². The van der Waals surface area contributed by atoms with Crippen LogP contribution in [0.1, 0.15) is 50.1 Å². The monoisotopic (exact) mass is 285 g/mol. The molecule has 2 aromatic rings. The number of hydrogen-bond donors (Lipinski definition) is 1. The van der Waals surface area contributed by atoms with E-state index >= 15 is 0 Å². The number of rotatable bonds is 5. The van der Waals surface area contributed by atoms with Crippen LogP contribution in [0.25, 0.3) is 10.8 Å². The molecule has 2 heteroatoms. The molecule has 1 unspecified atom stereocenters. The van der Waals surface area contributed by atoms with Crippen molar-refractivity contribution in [3.8, 4) is 0 Å². The molecule has 0 radical (unpaired) electrons. The smallest absolute Gasteiger partial charge is 0.131 e. The second-order valence-corrected chi connectivity index (χ2v) is 6.25. The molecule has 1 nitrogen and oxygen atoms in total. The Kier molecular flexibility index (Phi) is 4.54. The van der Waals surface area contributed by atoms with Crippen molar-refractivity contribution in [1.29, 1.82) is 0 Å². The van der Waals surface area contributed by atoms with Crippen molar-refractivity contribution in [2.24, 2.45) is 5.92 Å². The maximum Gasteiger partial charge on any atom is 0.131 e. The zero-order chi connectivity index (χ0) is 14.7. The van der Waals surface area contributed by atoms with Gasteiger partial charge in [-0.3, -0.25) is 0 Å². The standard InChI is InChI=1S/C19H24FN/c1-21-19(13-10-14-6-2-3-7-14)17-11-12-18(20)16-9-5-4-8-15(16)17/h4-5,8-9,11-12,14,19,21H,2-3,6-7,10,13H2,1H3. The van der Waals surface area contributed by atoms with Crippen LogP contribution < -0.4 is 5.32 Å². The van der Waals surface area contributed by atoms with Gasteiger partial charge in [-0.2, -0.15) is 0 Å². The van der Waals surface area contributed by atoms with E-state index < -0.39 is 0 Å². The minimum Gasteiger partial charge on any atom is -0.313 e. The normalized spacial score (nSPS) is 17.4. The fraction of sp³-hybridized carbons (Fsp3) is 0.474. The Morgan fingerprint density at radius 1 is 1.10 bits per heavy atom. The van der Waals surface area contributed by atoms with E-state index in [9.17, 15) is 4.39 Å². The quantitative estimate of drug-likeness (QED) is 0.795. The van der Waals surface area contributed by atoms with Crippen molar-refractivity contribution in [3.63, 3.8) is 0 Å². The average molecular weight is 285 g/mol. The van der Waals surface area contributed by atoms with Gasteiger partial charge in [0.05, 0.1) is 0 Å². The van der Waals surface area contributed by atoms with Crippen LogP contribution in [-0.2, 0) is 0 Å². The third-order valence-electron chi connectivity index (χ3n) is 4.97. The molecule has 0 saturated heterocycles. The predicted octanol–water partition coefficient (Wildman–Crippen LogP) is 5.21. The van der Waals surface area contributed by atoms with Crippen molar-refractivity contribution in [3.05, 3.63) is 47.8 Å². The van der Waals surface area contributed by atoms with Crippen LogP contribution in [0.5, 0.6) is 0 Å². The van der Waals surface area contributed by atoms with Gasteiger partial charge in [0.2, 0.25) is 0 Å². The number of nitrogens with one attached hydrogen (secondary N) is 1. The van der Waals surface area contributed by atoms with Gasteiger partial charge in [-0.05, 0) is 42.8 Å². The maximum absolute atomic E-state index is 13.9. The number of fused-ring (bicyclic) bond motifs is 1. The molecule has 2 aromatic carbocycles. The molecule has 1 aliphatic carbocycles. The lowest BCUT2D eigenvalue weighted by Gasteiger charge is -2.20. The van der Waals surface area contributed by atoms with Crippen LogP contribution in [0.15, 0.2) is 36.4 Å². The molecule has 1 aliphatic rings. The first-order valence-corrected chi connectivity index (χ1v) is 8.14. The van der Waals surface area contributed by atoms with Crippen molar-refractivity contribution >= 4 is 10.8 Å². The highest BCUT2D eigenvalue weighted by Gasteiger charge is 2.19. The molecule has 0 heterocycles. The lowest BCUT2D eigenvalue weighted by Crippen LogP contribution is -2.17. The van der Waals surface area contributed by atoms with Crippen LogP contribution in [0, 0.1) is 11.7 Å². The average Bonchev–Trinajstić information content (AvgIpc) is 3.03. The number of halogens is 1. The minimum atomic E-state index is -0.125. The molecule has 0 spiro atoms. The van der Waals surface area contributed by atoms with Gasteiger partial charge < -0.3 is 5.32 Å². The highest BCUT2D eigenvalue weighted by molar-refractivity contribution is 5.86. The third-order valence-corrected chi connectivity index (χ3v) is 4.97. The van der Waals surface area contributed by atoms with E-state index in [4.69, 9.17) is 0 Å². The summed E-state index contributed by atoms with van der Waals surface area (Å²) in [4.78, 5) is 0. The van der Waals surface area contributed by atoms with E-state index in [0.29, 0.717) is 6.04 Å². The van der Waals surface area contributed by atoms with Gasteiger partial charge in [-0.25, -0.2) is 4.39 Å². The van der Waals surface area contributed by atoms with Crippen molar-refractivity contribution in [2.75, 3.05) is 7.05 Å². The zero-order valence-corrected chi connectivity index (χ0v) is 12.7. The SMILES string of the molecule is CNC(CCC1CCCC1)c1ccc(F)c2ccccc12. The van der Waals surface area contributed by atoms with Crippen LogP contribution in [0.4, 0.5) is 4.39 Å². The summed E-state index contributed by atoms with van der Waals surface area (Å²) in [5.41, 5.74) is 1.23. The van der Waals surface area contributed by atoms with Gasteiger partial charge in [0, 0.05) is 11.4 Å². The van der Waals surface area contributed by atoms with Crippen molar-refractivity contribution in [1.82, 2.24) is 5.32 Å². The van der Waals surface area contributed by atoms with Crippen molar-refractivity contribution in [2.45, 2.75) is 44.6 Å².